The maximum atomic E-state index is 8.48. The molecule has 1 aromatic heterocycles. The van der Waals surface area contributed by atoms with Crippen LogP contribution >= 0.6 is 23.1 Å². The summed E-state index contributed by atoms with van der Waals surface area (Å²) in [4.78, 5) is 0. The molecule has 0 aliphatic carbocycles. The van der Waals surface area contributed by atoms with Gasteiger partial charge in [0.2, 0.25) is 0 Å². The van der Waals surface area contributed by atoms with Gasteiger partial charge in [-0.15, -0.1) is 23.1 Å². The lowest BCUT2D eigenvalue weighted by Crippen LogP contribution is -1.83. The molecule has 0 saturated heterocycles. The van der Waals surface area contributed by atoms with E-state index in [0.29, 0.717) is 6.61 Å². The summed E-state index contributed by atoms with van der Waals surface area (Å²) in [6.45, 7) is 0.304. The minimum Gasteiger partial charge on any atom is -0.396 e. The normalized spacial score (nSPS) is 10.1. The van der Waals surface area contributed by atoms with Crippen LogP contribution in [0.5, 0.6) is 0 Å². The summed E-state index contributed by atoms with van der Waals surface area (Å²) in [6.07, 6.45) is 0.891. The Kier molecular flexibility index (Phi) is 3.87. The number of hydrogen-bond donors (Lipinski definition) is 1. The summed E-state index contributed by atoms with van der Waals surface area (Å²) in [7, 11) is 0. The summed E-state index contributed by atoms with van der Waals surface area (Å²) in [5, 5.41) is 10.6. The fourth-order valence-corrected chi connectivity index (χ4v) is 2.37. The van der Waals surface area contributed by atoms with Gasteiger partial charge in [0.1, 0.15) is 0 Å². The van der Waals surface area contributed by atoms with Gasteiger partial charge >= 0.3 is 0 Å². The van der Waals surface area contributed by atoms with Gasteiger partial charge in [-0.3, -0.25) is 0 Å². The van der Waals surface area contributed by atoms with Gasteiger partial charge in [-0.05, 0) is 17.9 Å². The number of aliphatic hydroxyl groups is 1. The number of thiophene rings is 1. The second-order valence-corrected chi connectivity index (χ2v) is 4.20. The Hall–Kier alpha value is 0.01000. The average Bonchev–Trinajstić information content (AvgIpc) is 2.41. The average molecular weight is 174 g/mol. The fourth-order valence-electron chi connectivity index (χ4n) is 0.583. The van der Waals surface area contributed by atoms with Crippen molar-refractivity contribution in [3.63, 3.8) is 0 Å². The first-order valence-electron chi connectivity index (χ1n) is 3.20. The highest BCUT2D eigenvalue weighted by molar-refractivity contribution is 8.01. The second kappa shape index (κ2) is 4.77. The molecular weight excluding hydrogens is 164 g/mol. The molecule has 3 heteroatoms. The Labute approximate surface area is 69.1 Å². The number of thioether (sulfide) groups is 1. The zero-order valence-corrected chi connectivity index (χ0v) is 7.25. The minimum absolute atomic E-state index is 0.304. The Bertz CT molecular complexity index is 160. The van der Waals surface area contributed by atoms with E-state index in [1.54, 1.807) is 11.3 Å². The standard InChI is InChI=1S/C7H10OS2/c8-4-2-6-10-7-3-1-5-9-7/h1,3,5,8H,2,4,6H2. The molecule has 0 saturated carbocycles. The van der Waals surface area contributed by atoms with Crippen LogP contribution in [0.15, 0.2) is 21.7 Å². The largest absolute Gasteiger partial charge is 0.396 e. The van der Waals surface area contributed by atoms with Gasteiger partial charge in [-0.25, -0.2) is 0 Å². The quantitative estimate of drug-likeness (QED) is 0.558. The first-order chi connectivity index (χ1) is 4.93. The molecule has 0 spiro atoms. The predicted molar refractivity (Wildman–Crippen MR) is 46.7 cm³/mol. The summed E-state index contributed by atoms with van der Waals surface area (Å²) >= 11 is 3.56. The number of rotatable bonds is 4. The van der Waals surface area contributed by atoms with Gasteiger partial charge < -0.3 is 5.11 Å². The smallest absolute Gasteiger partial charge is 0.0598 e. The SMILES string of the molecule is OCCCSc1cccs1. The highest BCUT2D eigenvalue weighted by Gasteiger charge is 1.92. The van der Waals surface area contributed by atoms with Crippen LogP contribution in [0.4, 0.5) is 0 Å². The number of aliphatic hydroxyl groups excluding tert-OH is 1. The van der Waals surface area contributed by atoms with Gasteiger partial charge in [0.05, 0.1) is 4.21 Å². The molecule has 0 atom stereocenters. The topological polar surface area (TPSA) is 20.2 Å². The zero-order chi connectivity index (χ0) is 7.23. The molecule has 10 heavy (non-hydrogen) atoms. The zero-order valence-electron chi connectivity index (χ0n) is 5.62. The monoisotopic (exact) mass is 174 g/mol. The molecule has 1 heterocycles. The minimum atomic E-state index is 0.304. The highest BCUT2D eigenvalue weighted by Crippen LogP contribution is 2.23. The van der Waals surface area contributed by atoms with Gasteiger partial charge in [-0.2, -0.15) is 0 Å². The molecule has 0 bridgehead atoms. The van der Waals surface area contributed by atoms with Gasteiger partial charge in [-0.1, -0.05) is 6.07 Å². The molecule has 0 radical (unpaired) electrons. The lowest BCUT2D eigenvalue weighted by atomic mass is 10.5. The van der Waals surface area contributed by atoms with Crippen molar-refractivity contribution < 1.29 is 5.11 Å². The van der Waals surface area contributed by atoms with Gasteiger partial charge in [0.25, 0.3) is 0 Å². The van der Waals surface area contributed by atoms with Crippen LogP contribution < -0.4 is 0 Å². The van der Waals surface area contributed by atoms with Crippen molar-refractivity contribution >= 4 is 23.1 Å². The molecule has 0 amide bonds. The summed E-state index contributed by atoms with van der Waals surface area (Å²) in [6, 6.07) is 4.15. The maximum Gasteiger partial charge on any atom is 0.0598 e. The van der Waals surface area contributed by atoms with Gasteiger partial charge in [0, 0.05) is 12.4 Å². The molecular formula is C7H10OS2. The first-order valence-corrected chi connectivity index (χ1v) is 5.07. The second-order valence-electron chi connectivity index (χ2n) is 1.86. The predicted octanol–water partition coefficient (Wildman–Crippen LogP) is 2.22. The Balaban J connectivity index is 2.15. The van der Waals surface area contributed by atoms with Crippen molar-refractivity contribution in [2.75, 3.05) is 12.4 Å². The fraction of sp³-hybridized carbons (Fsp3) is 0.429. The van der Waals surface area contributed by atoms with E-state index in [2.05, 4.69) is 11.4 Å². The van der Waals surface area contributed by atoms with Crippen LogP contribution in [-0.4, -0.2) is 17.5 Å². The van der Waals surface area contributed by atoms with Crippen LogP contribution in [0.2, 0.25) is 0 Å². The molecule has 1 nitrogen and oxygen atoms in total. The van der Waals surface area contributed by atoms with E-state index < -0.39 is 0 Å². The summed E-state index contributed by atoms with van der Waals surface area (Å²) in [5.74, 6) is 1.02. The van der Waals surface area contributed by atoms with Crippen LogP contribution in [0.25, 0.3) is 0 Å². The Morgan fingerprint density at radius 3 is 3.10 bits per heavy atom. The third-order valence-electron chi connectivity index (χ3n) is 1.04. The first kappa shape index (κ1) is 8.11. The van der Waals surface area contributed by atoms with Crippen LogP contribution in [0.1, 0.15) is 6.42 Å². The van der Waals surface area contributed by atoms with E-state index in [-0.39, 0.29) is 0 Å². The van der Waals surface area contributed by atoms with Crippen molar-refractivity contribution in [2.45, 2.75) is 10.6 Å². The lowest BCUT2D eigenvalue weighted by Gasteiger charge is -1.93. The molecule has 0 aliphatic heterocycles. The van der Waals surface area contributed by atoms with Crippen LogP contribution in [0.3, 0.4) is 0 Å². The van der Waals surface area contributed by atoms with E-state index >= 15 is 0 Å². The maximum absolute atomic E-state index is 8.48. The molecule has 1 N–H and O–H groups in total. The molecule has 56 valence electrons. The Morgan fingerprint density at radius 2 is 2.50 bits per heavy atom. The Morgan fingerprint density at radius 1 is 1.60 bits per heavy atom. The van der Waals surface area contributed by atoms with E-state index in [4.69, 9.17) is 5.11 Å². The summed E-state index contributed by atoms with van der Waals surface area (Å²) < 4.78 is 1.34. The molecule has 0 unspecified atom stereocenters. The number of hydrogen-bond acceptors (Lipinski definition) is 3. The molecule has 1 aromatic rings. The summed E-state index contributed by atoms with van der Waals surface area (Å²) in [5.41, 5.74) is 0. The van der Waals surface area contributed by atoms with Gasteiger partial charge in [0.15, 0.2) is 0 Å². The highest BCUT2D eigenvalue weighted by atomic mass is 32.2. The van der Waals surface area contributed by atoms with E-state index in [1.807, 2.05) is 17.8 Å². The van der Waals surface area contributed by atoms with Crippen LogP contribution in [0, 0.1) is 0 Å². The van der Waals surface area contributed by atoms with Crippen molar-refractivity contribution in [3.05, 3.63) is 17.5 Å². The van der Waals surface area contributed by atoms with Crippen molar-refractivity contribution in [2.24, 2.45) is 0 Å². The van der Waals surface area contributed by atoms with E-state index in [0.717, 1.165) is 12.2 Å². The third-order valence-corrected chi connectivity index (χ3v) is 3.26. The third kappa shape index (κ3) is 2.73. The molecule has 0 aromatic carbocycles. The lowest BCUT2D eigenvalue weighted by molar-refractivity contribution is 0.296. The van der Waals surface area contributed by atoms with Crippen LogP contribution in [-0.2, 0) is 0 Å². The van der Waals surface area contributed by atoms with Crippen molar-refractivity contribution in [3.8, 4) is 0 Å². The van der Waals surface area contributed by atoms with E-state index in [9.17, 15) is 0 Å². The molecule has 0 fully saturated rings. The van der Waals surface area contributed by atoms with E-state index in [1.165, 1.54) is 4.21 Å². The van der Waals surface area contributed by atoms with Crippen molar-refractivity contribution in [1.82, 2.24) is 0 Å². The molecule has 1 rings (SSSR count). The van der Waals surface area contributed by atoms with Crippen molar-refractivity contribution in [1.29, 1.82) is 0 Å². The molecule has 0 aliphatic rings.